The number of benzene rings is 1. The van der Waals surface area contributed by atoms with E-state index in [0.717, 1.165) is 23.0 Å². The van der Waals surface area contributed by atoms with Crippen molar-refractivity contribution in [2.75, 3.05) is 0 Å². The Morgan fingerprint density at radius 1 is 1.25 bits per heavy atom. The molecule has 0 spiro atoms. The number of hydrogen-bond acceptors (Lipinski definition) is 5. The van der Waals surface area contributed by atoms with Gasteiger partial charge < -0.3 is 9.51 Å². The molecule has 7 nitrogen and oxygen atoms in total. The third kappa shape index (κ3) is 2.40. The number of H-pyrrole nitrogens is 1. The second-order valence-electron chi connectivity index (χ2n) is 5.45. The van der Waals surface area contributed by atoms with E-state index in [9.17, 15) is 4.79 Å². The molecule has 0 saturated carbocycles. The first-order chi connectivity index (χ1) is 11.8. The van der Waals surface area contributed by atoms with Crippen LogP contribution < -0.4 is 5.69 Å². The molecule has 24 heavy (non-hydrogen) atoms. The number of nitrogens with one attached hydrogen (secondary N) is 1. The first-order valence-corrected chi connectivity index (χ1v) is 7.74. The fraction of sp³-hybridized carbons (Fsp3) is 0.176. The smallest absolute Gasteiger partial charge is 0.326 e. The molecule has 0 fully saturated rings. The van der Waals surface area contributed by atoms with Crippen molar-refractivity contribution in [2.24, 2.45) is 0 Å². The average Bonchev–Trinajstić information content (AvgIpc) is 3.21. The average molecular weight is 321 g/mol. The molecule has 3 heterocycles. The Labute approximate surface area is 137 Å². The maximum absolute atomic E-state index is 12.0. The molecule has 7 heteroatoms. The third-order valence-corrected chi connectivity index (χ3v) is 3.79. The van der Waals surface area contributed by atoms with E-state index in [4.69, 9.17) is 4.52 Å². The first kappa shape index (κ1) is 14.4. The van der Waals surface area contributed by atoms with Crippen LogP contribution in [0.3, 0.4) is 0 Å². The molecule has 1 N–H and O–H groups in total. The Morgan fingerprint density at radius 2 is 2.17 bits per heavy atom. The summed E-state index contributed by atoms with van der Waals surface area (Å²) in [6.07, 6.45) is 2.57. The molecule has 0 aliphatic carbocycles. The van der Waals surface area contributed by atoms with Gasteiger partial charge in [0, 0.05) is 18.3 Å². The number of nitrogens with zero attached hydrogens (tertiary/aromatic N) is 4. The molecule has 0 radical (unpaired) electrons. The first-order valence-electron chi connectivity index (χ1n) is 7.74. The zero-order valence-corrected chi connectivity index (χ0v) is 13.1. The summed E-state index contributed by atoms with van der Waals surface area (Å²) in [6.45, 7) is 2.72. The summed E-state index contributed by atoms with van der Waals surface area (Å²) < 4.78 is 7.01. The Bertz CT molecular complexity index is 1050. The monoisotopic (exact) mass is 321 g/mol. The minimum Gasteiger partial charge on any atom is -0.332 e. The highest BCUT2D eigenvalue weighted by Crippen LogP contribution is 2.23. The lowest BCUT2D eigenvalue weighted by Gasteiger charge is -2.00. The van der Waals surface area contributed by atoms with E-state index in [2.05, 4.69) is 20.1 Å². The Morgan fingerprint density at radius 3 is 2.96 bits per heavy atom. The number of rotatable bonds is 4. The van der Waals surface area contributed by atoms with Gasteiger partial charge in [-0.15, -0.1) is 0 Å². The molecule has 0 aliphatic heterocycles. The number of pyridine rings is 1. The summed E-state index contributed by atoms with van der Waals surface area (Å²) in [6, 6.07) is 11.1. The summed E-state index contributed by atoms with van der Waals surface area (Å²) in [5.74, 6) is 0.824. The van der Waals surface area contributed by atoms with Crippen molar-refractivity contribution in [2.45, 2.75) is 19.9 Å². The van der Waals surface area contributed by atoms with Gasteiger partial charge in [-0.2, -0.15) is 4.98 Å². The van der Waals surface area contributed by atoms with E-state index in [1.165, 1.54) is 0 Å². The van der Waals surface area contributed by atoms with E-state index in [1.807, 2.05) is 43.3 Å². The predicted molar refractivity (Wildman–Crippen MR) is 89.4 cm³/mol. The topological polar surface area (TPSA) is 89.6 Å². The summed E-state index contributed by atoms with van der Waals surface area (Å²) in [5.41, 5.74) is 2.93. The highest BCUT2D eigenvalue weighted by Gasteiger charge is 2.13. The minimum absolute atomic E-state index is 0.105. The molecule has 0 bridgehead atoms. The number of fused-ring (bicyclic) bond motifs is 1. The van der Waals surface area contributed by atoms with Crippen molar-refractivity contribution in [3.05, 3.63) is 53.1 Å². The summed E-state index contributed by atoms with van der Waals surface area (Å²) in [5, 5.41) is 4.01. The van der Waals surface area contributed by atoms with Crippen LogP contribution >= 0.6 is 0 Å². The lowest BCUT2D eigenvalue weighted by Crippen LogP contribution is -2.16. The van der Waals surface area contributed by atoms with Crippen molar-refractivity contribution in [3.63, 3.8) is 0 Å². The normalized spacial score (nSPS) is 11.2. The van der Waals surface area contributed by atoms with Gasteiger partial charge in [0.2, 0.25) is 5.82 Å². The number of hydrogen-bond donors (Lipinski definition) is 1. The summed E-state index contributed by atoms with van der Waals surface area (Å²) in [4.78, 5) is 23.5. The van der Waals surface area contributed by atoms with Gasteiger partial charge >= 0.3 is 5.69 Å². The summed E-state index contributed by atoms with van der Waals surface area (Å²) in [7, 11) is 0. The van der Waals surface area contributed by atoms with Gasteiger partial charge in [-0.3, -0.25) is 9.55 Å². The molecule has 1 aromatic carbocycles. The molecule has 4 rings (SSSR count). The highest BCUT2D eigenvalue weighted by atomic mass is 16.5. The van der Waals surface area contributed by atoms with Gasteiger partial charge in [0.05, 0.1) is 11.0 Å². The largest absolute Gasteiger partial charge is 0.332 e. The fourth-order valence-electron chi connectivity index (χ4n) is 2.68. The fourth-order valence-corrected chi connectivity index (χ4v) is 2.68. The van der Waals surface area contributed by atoms with Crippen LogP contribution in [0.15, 0.2) is 51.9 Å². The number of imidazole rings is 1. The lowest BCUT2D eigenvalue weighted by molar-refractivity contribution is 0.431. The van der Waals surface area contributed by atoms with Crippen molar-refractivity contribution >= 4 is 11.0 Å². The molecule has 0 atom stereocenters. The van der Waals surface area contributed by atoms with Gasteiger partial charge in [-0.05, 0) is 36.8 Å². The van der Waals surface area contributed by atoms with Crippen molar-refractivity contribution in [1.29, 1.82) is 0 Å². The highest BCUT2D eigenvalue weighted by molar-refractivity contribution is 5.80. The van der Waals surface area contributed by atoms with E-state index in [0.29, 0.717) is 24.0 Å². The molecule has 0 amide bonds. The molecular weight excluding hydrogens is 306 g/mol. The van der Waals surface area contributed by atoms with Crippen LogP contribution in [0.2, 0.25) is 0 Å². The maximum atomic E-state index is 12.0. The second kappa shape index (κ2) is 5.77. The van der Waals surface area contributed by atoms with Crippen LogP contribution in [0.5, 0.6) is 0 Å². The van der Waals surface area contributed by atoms with E-state index < -0.39 is 0 Å². The van der Waals surface area contributed by atoms with Gasteiger partial charge in [0.15, 0.2) is 0 Å². The van der Waals surface area contributed by atoms with Crippen LogP contribution in [0.1, 0.15) is 13.3 Å². The van der Waals surface area contributed by atoms with Crippen molar-refractivity contribution in [3.8, 4) is 23.0 Å². The van der Waals surface area contributed by atoms with Crippen LogP contribution in [0, 0.1) is 0 Å². The Balaban J connectivity index is 1.75. The zero-order chi connectivity index (χ0) is 16.5. The minimum atomic E-state index is -0.105. The number of aromatic amines is 1. The van der Waals surface area contributed by atoms with Crippen LogP contribution in [-0.2, 0) is 6.54 Å². The molecule has 3 aromatic heterocycles. The molecule has 120 valence electrons. The van der Waals surface area contributed by atoms with E-state index >= 15 is 0 Å². The van der Waals surface area contributed by atoms with Crippen LogP contribution in [0.4, 0.5) is 0 Å². The molecule has 0 saturated heterocycles. The Hall–Kier alpha value is -3.22. The SMILES string of the molecule is CCCn1c(=O)[nH]c2cc(-c3noc(-c4ccccn4)n3)ccc21. The van der Waals surface area contributed by atoms with Gasteiger partial charge in [0.25, 0.3) is 5.89 Å². The number of aromatic nitrogens is 5. The maximum Gasteiger partial charge on any atom is 0.326 e. The molecule has 0 unspecified atom stereocenters. The molecule has 0 aliphatic rings. The second-order valence-corrected chi connectivity index (χ2v) is 5.45. The van der Waals surface area contributed by atoms with Gasteiger partial charge in [-0.1, -0.05) is 18.1 Å². The molecule has 4 aromatic rings. The summed E-state index contributed by atoms with van der Waals surface area (Å²) >= 11 is 0. The van der Waals surface area contributed by atoms with E-state index in [-0.39, 0.29) is 5.69 Å². The van der Waals surface area contributed by atoms with Crippen molar-refractivity contribution in [1.82, 2.24) is 24.7 Å². The standard InChI is InChI=1S/C17H15N5O2/c1-2-9-22-14-7-6-11(10-13(14)19-17(22)23)15-20-16(24-21-15)12-5-3-4-8-18-12/h3-8,10H,2,9H2,1H3,(H,19,23). The van der Waals surface area contributed by atoms with Crippen LogP contribution in [-0.4, -0.2) is 24.7 Å². The number of aryl methyl sites for hydroxylation is 1. The Kier molecular flexibility index (Phi) is 3.45. The molecular formula is C17H15N5O2. The van der Waals surface area contributed by atoms with Gasteiger partial charge in [-0.25, -0.2) is 4.79 Å². The van der Waals surface area contributed by atoms with E-state index in [1.54, 1.807) is 10.8 Å². The zero-order valence-electron chi connectivity index (χ0n) is 13.1. The van der Waals surface area contributed by atoms with Crippen molar-refractivity contribution < 1.29 is 4.52 Å². The lowest BCUT2D eigenvalue weighted by atomic mass is 10.2. The quantitative estimate of drug-likeness (QED) is 0.624. The van der Waals surface area contributed by atoms with Gasteiger partial charge in [0.1, 0.15) is 5.69 Å². The predicted octanol–water partition coefficient (Wildman–Crippen LogP) is 2.85. The van der Waals surface area contributed by atoms with Crippen LogP contribution in [0.25, 0.3) is 34.0 Å². The third-order valence-electron chi connectivity index (χ3n) is 3.79.